The summed E-state index contributed by atoms with van der Waals surface area (Å²) in [5, 5.41) is 13.7. The van der Waals surface area contributed by atoms with Crippen molar-refractivity contribution < 1.29 is 18.8 Å². The standard InChI is InChI=1S/C18H27FN2O4.2C3H8.C2H6.CH4/c1-4-6-17(21(23)24)16(10-9-14(3)19)20-18(22)12-25-15-8-5-7-13(2)11-15;2*1-3-2;1-2;/h6,9-10,13,15H,4-5,7-8,11-12H2,1-3H3,(H,20,22);2*3H2,1-2H3;1-2H3;1H4/b14-9+,16-10+,17-6+;;;;. The van der Waals surface area contributed by atoms with E-state index in [1.165, 1.54) is 38.3 Å². The zero-order valence-electron chi connectivity index (χ0n) is 22.5. The average molecular weight is 489 g/mol. The molecule has 0 radical (unpaired) electrons. The SMILES string of the molecule is C.CC.CCC.CCC.CC\C=C(/C(=C\C=C(/C)F)NC(=O)COC1CCCC(C)C1)[N+](=O)[O-]. The molecule has 1 rings (SSSR count). The topological polar surface area (TPSA) is 81.5 Å². The number of halogens is 1. The smallest absolute Gasteiger partial charge is 0.288 e. The minimum atomic E-state index is -0.597. The Morgan fingerprint density at radius 3 is 2.06 bits per heavy atom. The highest BCUT2D eigenvalue weighted by atomic mass is 19.1. The zero-order valence-corrected chi connectivity index (χ0v) is 22.5. The molecular weight excluding hydrogens is 435 g/mol. The molecule has 0 aliphatic heterocycles. The third-order valence-corrected chi connectivity index (χ3v) is 3.96. The first-order valence-electron chi connectivity index (χ1n) is 12.5. The van der Waals surface area contributed by atoms with E-state index >= 15 is 0 Å². The predicted octanol–water partition coefficient (Wildman–Crippen LogP) is 8.52. The maximum absolute atomic E-state index is 13.0. The molecule has 0 saturated heterocycles. The van der Waals surface area contributed by atoms with E-state index in [1.807, 2.05) is 13.8 Å². The number of carbonyl (C=O) groups is 1. The van der Waals surface area contributed by atoms with Gasteiger partial charge in [-0.15, -0.1) is 0 Å². The Labute approximate surface area is 209 Å². The first-order valence-corrected chi connectivity index (χ1v) is 12.5. The molecule has 0 heterocycles. The third-order valence-electron chi connectivity index (χ3n) is 3.96. The van der Waals surface area contributed by atoms with Crippen LogP contribution in [0.15, 0.2) is 35.4 Å². The number of carbonyl (C=O) groups excluding carboxylic acids is 1. The first-order chi connectivity index (χ1) is 15.7. The van der Waals surface area contributed by atoms with Gasteiger partial charge in [-0.3, -0.25) is 14.9 Å². The van der Waals surface area contributed by atoms with Crippen molar-refractivity contribution in [3.8, 4) is 0 Å². The zero-order chi connectivity index (χ0) is 26.2. The van der Waals surface area contributed by atoms with Crippen LogP contribution in [0.25, 0.3) is 0 Å². The van der Waals surface area contributed by atoms with Gasteiger partial charge in [0.1, 0.15) is 12.3 Å². The van der Waals surface area contributed by atoms with Crippen molar-refractivity contribution in [3.05, 3.63) is 45.6 Å². The molecule has 2 atom stereocenters. The van der Waals surface area contributed by atoms with Crippen molar-refractivity contribution in [1.82, 2.24) is 5.32 Å². The van der Waals surface area contributed by atoms with Gasteiger partial charge in [0.05, 0.1) is 16.9 Å². The number of nitro groups is 1. The van der Waals surface area contributed by atoms with Gasteiger partial charge in [0, 0.05) is 0 Å². The maximum Gasteiger partial charge on any atom is 0.288 e. The summed E-state index contributed by atoms with van der Waals surface area (Å²) in [7, 11) is 0. The molecule has 1 amide bonds. The van der Waals surface area contributed by atoms with Crippen LogP contribution in [0.4, 0.5) is 4.39 Å². The Balaban J connectivity index is -0.000000441. The summed E-state index contributed by atoms with van der Waals surface area (Å²) < 4.78 is 18.6. The molecule has 202 valence electrons. The van der Waals surface area contributed by atoms with E-state index in [0.29, 0.717) is 12.3 Å². The van der Waals surface area contributed by atoms with Gasteiger partial charge in [-0.2, -0.15) is 0 Å². The van der Waals surface area contributed by atoms with Crippen LogP contribution >= 0.6 is 0 Å². The van der Waals surface area contributed by atoms with Gasteiger partial charge in [-0.05, 0) is 50.3 Å². The normalized spacial score (nSPS) is 17.9. The molecule has 34 heavy (non-hydrogen) atoms. The Kier molecular flexibility index (Phi) is 31.4. The predicted molar refractivity (Wildman–Crippen MR) is 144 cm³/mol. The number of rotatable bonds is 8. The summed E-state index contributed by atoms with van der Waals surface area (Å²) in [6.07, 6.45) is 10.7. The molecule has 0 aromatic heterocycles. The Morgan fingerprint density at radius 2 is 1.65 bits per heavy atom. The fraction of sp³-hybridized carbons (Fsp3) is 0.741. The van der Waals surface area contributed by atoms with E-state index < -0.39 is 16.7 Å². The molecule has 1 fully saturated rings. The molecule has 1 saturated carbocycles. The highest BCUT2D eigenvalue weighted by Gasteiger charge is 2.22. The van der Waals surface area contributed by atoms with Crippen molar-refractivity contribution in [2.24, 2.45) is 5.92 Å². The second-order valence-corrected chi connectivity index (χ2v) is 7.76. The lowest BCUT2D eigenvalue weighted by molar-refractivity contribution is -0.421. The summed E-state index contributed by atoms with van der Waals surface area (Å²) in [6.45, 7) is 17.4. The largest absolute Gasteiger partial charge is 0.368 e. The summed E-state index contributed by atoms with van der Waals surface area (Å²) >= 11 is 0. The molecule has 1 aliphatic rings. The van der Waals surface area contributed by atoms with E-state index in [-0.39, 0.29) is 31.5 Å². The summed E-state index contributed by atoms with van der Waals surface area (Å²) in [4.78, 5) is 22.7. The monoisotopic (exact) mass is 488 g/mol. The summed E-state index contributed by atoms with van der Waals surface area (Å²) in [5.74, 6) is -0.430. The number of ether oxygens (including phenoxy) is 1. The van der Waals surface area contributed by atoms with Gasteiger partial charge in [0.15, 0.2) is 0 Å². The molecule has 0 aromatic carbocycles. The van der Waals surface area contributed by atoms with Crippen LogP contribution in [-0.2, 0) is 9.53 Å². The van der Waals surface area contributed by atoms with Gasteiger partial charge in [0.25, 0.3) is 11.6 Å². The van der Waals surface area contributed by atoms with Crippen molar-refractivity contribution in [3.63, 3.8) is 0 Å². The highest BCUT2D eigenvalue weighted by molar-refractivity contribution is 5.79. The molecule has 7 heteroatoms. The fourth-order valence-electron chi connectivity index (χ4n) is 2.78. The molecule has 0 spiro atoms. The van der Waals surface area contributed by atoms with E-state index in [0.717, 1.165) is 25.3 Å². The van der Waals surface area contributed by atoms with Crippen LogP contribution in [0.2, 0.25) is 0 Å². The lowest BCUT2D eigenvalue weighted by atomic mass is 9.89. The van der Waals surface area contributed by atoms with E-state index in [9.17, 15) is 19.3 Å². The molecule has 1 aliphatic carbocycles. The minimum absolute atomic E-state index is 0. The lowest BCUT2D eigenvalue weighted by Crippen LogP contribution is -2.32. The van der Waals surface area contributed by atoms with Gasteiger partial charge < -0.3 is 10.1 Å². The van der Waals surface area contributed by atoms with Crippen LogP contribution in [-0.4, -0.2) is 23.5 Å². The Hall–Kier alpha value is -2.02. The molecular formula is C27H53FN2O4. The summed E-state index contributed by atoms with van der Waals surface area (Å²) in [5.41, 5.74) is -0.311. The maximum atomic E-state index is 13.0. The van der Waals surface area contributed by atoms with Crippen LogP contribution < -0.4 is 5.32 Å². The van der Waals surface area contributed by atoms with Gasteiger partial charge in [0.2, 0.25) is 0 Å². The van der Waals surface area contributed by atoms with Crippen LogP contribution in [0.5, 0.6) is 0 Å². The van der Waals surface area contributed by atoms with Gasteiger partial charge in [-0.1, -0.05) is 88.5 Å². The second-order valence-electron chi connectivity index (χ2n) is 7.76. The highest BCUT2D eigenvalue weighted by Crippen LogP contribution is 2.25. The third kappa shape index (κ3) is 23.1. The van der Waals surface area contributed by atoms with Crippen molar-refractivity contribution >= 4 is 5.91 Å². The number of amides is 1. The molecule has 6 nitrogen and oxygen atoms in total. The number of allylic oxidation sites excluding steroid dienone is 4. The van der Waals surface area contributed by atoms with Gasteiger partial charge >= 0.3 is 0 Å². The van der Waals surface area contributed by atoms with Crippen LogP contribution in [0.3, 0.4) is 0 Å². The molecule has 2 unspecified atom stereocenters. The molecule has 1 N–H and O–H groups in total. The number of hydrogen-bond acceptors (Lipinski definition) is 4. The second kappa shape index (κ2) is 27.2. The molecule has 0 aromatic rings. The fourth-order valence-corrected chi connectivity index (χ4v) is 2.78. The van der Waals surface area contributed by atoms with Gasteiger partial charge in [-0.25, -0.2) is 4.39 Å². The number of nitrogens with zero attached hydrogens (tertiary/aromatic N) is 1. The number of nitrogens with one attached hydrogen (secondary N) is 1. The number of hydrogen-bond donors (Lipinski definition) is 1. The van der Waals surface area contributed by atoms with E-state index in [1.54, 1.807) is 6.92 Å². The molecule has 0 bridgehead atoms. The Morgan fingerprint density at radius 1 is 1.12 bits per heavy atom. The van der Waals surface area contributed by atoms with Crippen LogP contribution in [0.1, 0.15) is 115 Å². The van der Waals surface area contributed by atoms with Crippen molar-refractivity contribution in [2.45, 2.75) is 121 Å². The minimum Gasteiger partial charge on any atom is -0.368 e. The Bertz CT molecular complexity index is 595. The van der Waals surface area contributed by atoms with Crippen molar-refractivity contribution in [2.75, 3.05) is 6.61 Å². The lowest BCUT2D eigenvalue weighted by Gasteiger charge is -2.26. The quantitative estimate of drug-likeness (QED) is 0.211. The summed E-state index contributed by atoms with van der Waals surface area (Å²) in [6, 6.07) is 0. The van der Waals surface area contributed by atoms with E-state index in [4.69, 9.17) is 4.74 Å². The van der Waals surface area contributed by atoms with Crippen molar-refractivity contribution in [1.29, 1.82) is 0 Å². The van der Waals surface area contributed by atoms with Crippen LogP contribution in [0, 0.1) is 16.0 Å². The average Bonchev–Trinajstić information content (AvgIpc) is 2.76. The van der Waals surface area contributed by atoms with E-state index in [2.05, 4.69) is 39.9 Å². The first kappa shape index (κ1) is 39.2.